The molecule has 3 heteroatoms. The summed E-state index contributed by atoms with van der Waals surface area (Å²) in [7, 11) is 0. The van der Waals surface area contributed by atoms with E-state index in [9.17, 15) is 13.2 Å². The van der Waals surface area contributed by atoms with Gasteiger partial charge in [0.1, 0.15) is 20.0 Å². The second-order valence-electron chi connectivity index (χ2n) is 2.65. The SMILES string of the molecule is C/C=C(\C)C(CF)(CF)CF. The van der Waals surface area contributed by atoms with Crippen molar-refractivity contribution in [2.24, 2.45) is 5.41 Å². The van der Waals surface area contributed by atoms with Crippen LogP contribution in [-0.2, 0) is 0 Å². The molecule has 0 amide bonds. The minimum absolute atomic E-state index is 0.435. The summed E-state index contributed by atoms with van der Waals surface area (Å²) in [5.41, 5.74) is -1.07. The van der Waals surface area contributed by atoms with Crippen LogP contribution in [-0.4, -0.2) is 20.0 Å². The van der Waals surface area contributed by atoms with Crippen molar-refractivity contribution in [3.05, 3.63) is 11.6 Å². The number of halogens is 3. The van der Waals surface area contributed by atoms with Gasteiger partial charge >= 0.3 is 0 Å². The Kier molecular flexibility index (Phi) is 4.23. The highest BCUT2D eigenvalue weighted by Gasteiger charge is 2.32. The second kappa shape index (κ2) is 4.42. The molecule has 0 N–H and O–H groups in total. The molecule has 0 saturated carbocycles. The third kappa shape index (κ3) is 1.98. The van der Waals surface area contributed by atoms with Gasteiger partial charge in [-0.1, -0.05) is 11.6 Å². The van der Waals surface area contributed by atoms with E-state index in [0.717, 1.165) is 0 Å². The van der Waals surface area contributed by atoms with Crippen LogP contribution in [0.25, 0.3) is 0 Å². The van der Waals surface area contributed by atoms with E-state index in [1.54, 1.807) is 19.9 Å². The van der Waals surface area contributed by atoms with E-state index in [4.69, 9.17) is 0 Å². The van der Waals surface area contributed by atoms with Crippen LogP contribution in [0.1, 0.15) is 13.8 Å². The first-order chi connectivity index (χ1) is 5.16. The van der Waals surface area contributed by atoms with Crippen molar-refractivity contribution in [1.82, 2.24) is 0 Å². The standard InChI is InChI=1S/C8H13F3/c1-3-7(2)8(4-9,5-10)6-11/h3H,4-6H2,1-2H3/b7-3+. The van der Waals surface area contributed by atoms with E-state index >= 15 is 0 Å². The van der Waals surface area contributed by atoms with Crippen LogP contribution in [0.15, 0.2) is 11.6 Å². The molecule has 0 bridgehead atoms. The quantitative estimate of drug-likeness (QED) is 0.563. The Morgan fingerprint density at radius 3 is 1.64 bits per heavy atom. The van der Waals surface area contributed by atoms with E-state index in [1.807, 2.05) is 0 Å². The molecule has 0 aromatic carbocycles. The Balaban J connectivity index is 4.54. The van der Waals surface area contributed by atoms with Crippen LogP contribution in [0.4, 0.5) is 13.2 Å². The molecule has 0 rings (SSSR count). The summed E-state index contributed by atoms with van der Waals surface area (Å²) >= 11 is 0. The molecule has 0 radical (unpaired) electrons. The lowest BCUT2D eigenvalue weighted by Crippen LogP contribution is -2.29. The van der Waals surface area contributed by atoms with Crippen molar-refractivity contribution in [3.8, 4) is 0 Å². The maximum absolute atomic E-state index is 12.2. The molecular formula is C8H13F3. The molecule has 0 aliphatic carbocycles. The highest BCUT2D eigenvalue weighted by molar-refractivity contribution is 5.11. The molecule has 0 fully saturated rings. The zero-order chi connectivity index (χ0) is 8.91. The lowest BCUT2D eigenvalue weighted by atomic mass is 9.85. The summed E-state index contributed by atoms with van der Waals surface area (Å²) in [5.74, 6) is 0. The summed E-state index contributed by atoms with van der Waals surface area (Å²) < 4.78 is 36.7. The van der Waals surface area contributed by atoms with Crippen LogP contribution in [0, 0.1) is 5.41 Å². The first-order valence-corrected chi connectivity index (χ1v) is 3.48. The normalized spacial score (nSPS) is 13.7. The molecule has 66 valence electrons. The average molecular weight is 166 g/mol. The van der Waals surface area contributed by atoms with E-state index in [1.165, 1.54) is 0 Å². The van der Waals surface area contributed by atoms with Crippen LogP contribution >= 0.6 is 0 Å². The predicted octanol–water partition coefficient (Wildman–Crippen LogP) is 2.85. The van der Waals surface area contributed by atoms with Crippen molar-refractivity contribution in [3.63, 3.8) is 0 Å². The Morgan fingerprint density at radius 1 is 1.18 bits per heavy atom. The van der Waals surface area contributed by atoms with E-state index < -0.39 is 25.4 Å². The van der Waals surface area contributed by atoms with Gasteiger partial charge in [0.25, 0.3) is 0 Å². The largest absolute Gasteiger partial charge is 0.250 e. The third-order valence-electron chi connectivity index (χ3n) is 2.04. The minimum Gasteiger partial charge on any atom is -0.250 e. The lowest BCUT2D eigenvalue weighted by molar-refractivity contribution is 0.151. The van der Waals surface area contributed by atoms with E-state index in [-0.39, 0.29) is 0 Å². The summed E-state index contributed by atoms with van der Waals surface area (Å²) in [6.45, 7) is 0.256. The average Bonchev–Trinajstić information content (AvgIpc) is 2.08. The van der Waals surface area contributed by atoms with Crippen LogP contribution in [0.2, 0.25) is 0 Å². The molecule has 11 heavy (non-hydrogen) atoms. The van der Waals surface area contributed by atoms with Gasteiger partial charge in [0.15, 0.2) is 0 Å². The number of alkyl halides is 3. The molecule has 0 aromatic rings. The Bertz CT molecular complexity index is 128. The van der Waals surface area contributed by atoms with E-state index in [0.29, 0.717) is 5.57 Å². The smallest absolute Gasteiger partial charge is 0.104 e. The van der Waals surface area contributed by atoms with Crippen molar-refractivity contribution in [1.29, 1.82) is 0 Å². The monoisotopic (exact) mass is 166 g/mol. The van der Waals surface area contributed by atoms with E-state index in [2.05, 4.69) is 0 Å². The van der Waals surface area contributed by atoms with Gasteiger partial charge in [-0.25, -0.2) is 13.2 Å². The molecule has 0 aromatic heterocycles. The zero-order valence-corrected chi connectivity index (χ0v) is 6.83. The van der Waals surface area contributed by atoms with Gasteiger partial charge in [0, 0.05) is 0 Å². The van der Waals surface area contributed by atoms with Crippen LogP contribution < -0.4 is 0 Å². The first-order valence-electron chi connectivity index (χ1n) is 3.48. The number of rotatable bonds is 4. The molecule has 0 aliphatic rings. The summed E-state index contributed by atoms with van der Waals surface area (Å²) in [4.78, 5) is 0. The summed E-state index contributed by atoms with van der Waals surface area (Å²) in [6.07, 6.45) is 1.54. The van der Waals surface area contributed by atoms with Crippen molar-refractivity contribution in [2.45, 2.75) is 13.8 Å². The molecule has 0 spiro atoms. The number of hydrogen-bond acceptors (Lipinski definition) is 0. The van der Waals surface area contributed by atoms with Gasteiger partial charge in [-0.2, -0.15) is 0 Å². The Morgan fingerprint density at radius 2 is 1.55 bits per heavy atom. The Labute approximate surface area is 65.1 Å². The molecular weight excluding hydrogens is 153 g/mol. The Hall–Kier alpha value is -0.470. The van der Waals surface area contributed by atoms with Crippen molar-refractivity contribution in [2.75, 3.05) is 20.0 Å². The van der Waals surface area contributed by atoms with Crippen molar-refractivity contribution >= 4 is 0 Å². The fourth-order valence-corrected chi connectivity index (χ4v) is 0.730. The predicted molar refractivity (Wildman–Crippen MR) is 39.8 cm³/mol. The maximum atomic E-state index is 12.2. The summed E-state index contributed by atoms with van der Waals surface area (Å²) in [5, 5.41) is 0. The van der Waals surface area contributed by atoms with Gasteiger partial charge in [-0.05, 0) is 13.8 Å². The maximum Gasteiger partial charge on any atom is 0.104 e. The highest BCUT2D eigenvalue weighted by Crippen LogP contribution is 2.29. The van der Waals surface area contributed by atoms with Gasteiger partial charge in [-0.3, -0.25) is 0 Å². The first kappa shape index (κ1) is 10.5. The van der Waals surface area contributed by atoms with Crippen LogP contribution in [0.5, 0.6) is 0 Å². The molecule has 0 unspecified atom stereocenters. The molecule has 0 atom stereocenters. The number of allylic oxidation sites excluding steroid dienone is 2. The van der Waals surface area contributed by atoms with Crippen molar-refractivity contribution < 1.29 is 13.2 Å². The molecule has 0 saturated heterocycles. The van der Waals surface area contributed by atoms with Crippen LogP contribution in [0.3, 0.4) is 0 Å². The minimum atomic E-state index is -1.51. The van der Waals surface area contributed by atoms with Gasteiger partial charge < -0.3 is 0 Å². The zero-order valence-electron chi connectivity index (χ0n) is 6.83. The second-order valence-corrected chi connectivity index (χ2v) is 2.65. The summed E-state index contributed by atoms with van der Waals surface area (Å²) in [6, 6.07) is 0. The molecule has 0 nitrogen and oxygen atoms in total. The fourth-order valence-electron chi connectivity index (χ4n) is 0.730. The fraction of sp³-hybridized carbons (Fsp3) is 0.750. The van der Waals surface area contributed by atoms with Gasteiger partial charge in [0.2, 0.25) is 0 Å². The lowest BCUT2D eigenvalue weighted by Gasteiger charge is -2.24. The molecule has 0 aliphatic heterocycles. The third-order valence-corrected chi connectivity index (χ3v) is 2.04. The van der Waals surface area contributed by atoms with Gasteiger partial charge in [-0.15, -0.1) is 0 Å². The highest BCUT2D eigenvalue weighted by atomic mass is 19.1. The molecule has 0 heterocycles. The topological polar surface area (TPSA) is 0 Å². The van der Waals surface area contributed by atoms with Gasteiger partial charge in [0.05, 0.1) is 5.41 Å². The number of hydrogen-bond donors (Lipinski definition) is 0.